The number of carboxylic acids is 1. The third-order valence-corrected chi connectivity index (χ3v) is 10.2. The molecule has 2 fully saturated rings. The van der Waals surface area contributed by atoms with Crippen molar-refractivity contribution in [2.45, 2.75) is 88.5 Å². The van der Waals surface area contributed by atoms with Gasteiger partial charge in [-0.3, -0.25) is 9.59 Å². The highest BCUT2D eigenvalue weighted by molar-refractivity contribution is 5.93. The van der Waals surface area contributed by atoms with Crippen LogP contribution in [0.3, 0.4) is 0 Å². The minimum atomic E-state index is -5.91. The molecule has 4 aliphatic carbocycles. The molecular formula is C31H35F5N2O5. The number of hydrogen-bond donors (Lipinski definition) is 4. The Morgan fingerprint density at radius 1 is 1.02 bits per heavy atom. The maximum Gasteiger partial charge on any atom is 0.456 e. The number of halogens is 5. The van der Waals surface area contributed by atoms with E-state index < -0.39 is 53.4 Å². The maximum atomic E-state index is 15.1. The van der Waals surface area contributed by atoms with Gasteiger partial charge in [0.1, 0.15) is 5.60 Å². The van der Waals surface area contributed by atoms with Crippen molar-refractivity contribution in [3.05, 3.63) is 58.2 Å². The van der Waals surface area contributed by atoms with Crippen molar-refractivity contribution >= 4 is 17.8 Å². The summed E-state index contributed by atoms with van der Waals surface area (Å²) in [6.07, 6.45) is -3.41. The fraction of sp³-hybridized carbons (Fsp3) is 0.581. The molecule has 2 saturated carbocycles. The summed E-state index contributed by atoms with van der Waals surface area (Å²) in [7, 11) is 0. The molecule has 4 aliphatic rings. The molecule has 0 aliphatic heterocycles. The predicted octanol–water partition coefficient (Wildman–Crippen LogP) is 5.79. The van der Waals surface area contributed by atoms with Crippen molar-refractivity contribution in [3.63, 3.8) is 0 Å². The summed E-state index contributed by atoms with van der Waals surface area (Å²) in [4.78, 5) is 34.8. The van der Waals surface area contributed by atoms with Crippen LogP contribution in [0.25, 0.3) is 0 Å². The Morgan fingerprint density at radius 2 is 1.72 bits per heavy atom. The Morgan fingerprint density at radius 3 is 2.37 bits per heavy atom. The maximum absolute atomic E-state index is 15.1. The van der Waals surface area contributed by atoms with Gasteiger partial charge < -0.3 is 20.8 Å². The second kappa shape index (κ2) is 11.0. The molecule has 0 radical (unpaired) electrons. The molecule has 234 valence electrons. The first kappa shape index (κ1) is 31.2. The van der Waals surface area contributed by atoms with Crippen LogP contribution in [0.1, 0.15) is 75.3 Å². The van der Waals surface area contributed by atoms with Crippen LogP contribution in [0, 0.1) is 17.3 Å². The van der Waals surface area contributed by atoms with E-state index in [1.807, 2.05) is 0 Å². The summed E-state index contributed by atoms with van der Waals surface area (Å²) in [5.41, 5.74) is -0.733. The van der Waals surface area contributed by atoms with Gasteiger partial charge in [-0.1, -0.05) is 36.8 Å². The third kappa shape index (κ3) is 5.25. The van der Waals surface area contributed by atoms with Crippen LogP contribution in [0.5, 0.6) is 0 Å². The van der Waals surface area contributed by atoms with E-state index in [0.29, 0.717) is 36.8 Å². The van der Waals surface area contributed by atoms with E-state index in [9.17, 15) is 32.7 Å². The fourth-order valence-electron chi connectivity index (χ4n) is 8.11. The van der Waals surface area contributed by atoms with Crippen molar-refractivity contribution in [3.8, 4) is 0 Å². The highest BCUT2D eigenvalue weighted by Gasteiger charge is 2.79. The Labute approximate surface area is 245 Å². The summed E-state index contributed by atoms with van der Waals surface area (Å²) >= 11 is 0. The van der Waals surface area contributed by atoms with Gasteiger partial charge in [0, 0.05) is 30.8 Å². The zero-order valence-corrected chi connectivity index (χ0v) is 23.7. The van der Waals surface area contributed by atoms with E-state index >= 15 is 8.78 Å². The number of amides is 2. The van der Waals surface area contributed by atoms with Crippen LogP contribution >= 0.6 is 0 Å². The molecule has 7 nitrogen and oxygen atoms in total. The van der Waals surface area contributed by atoms with E-state index in [2.05, 4.69) is 10.6 Å². The van der Waals surface area contributed by atoms with E-state index in [1.165, 1.54) is 6.92 Å². The first-order chi connectivity index (χ1) is 20.1. The standard InChI is InChI=1S/C31H35F5N2O5/c1-28-15-23(18-4-2-17(3-5-18)16-38-27(42)37-13-11-25(40)41)26-21-9-7-20(39)14-19(21)6-8-22(26)24(28)10-12-29(28,43)30(32,33)31(34,35)36/h2-5,14,22-24,43H,6-13,15-16H2,1H3,(H,40,41)(H2,37,38,42)/t22-,23+,24-,28-,29-/m0/s1. The number of fused-ring (bicyclic) bond motifs is 4. The highest BCUT2D eigenvalue weighted by atomic mass is 19.4. The summed E-state index contributed by atoms with van der Waals surface area (Å²) in [6.45, 7) is 1.46. The average molecular weight is 611 g/mol. The van der Waals surface area contributed by atoms with Crippen molar-refractivity contribution in [2.24, 2.45) is 17.3 Å². The third-order valence-electron chi connectivity index (χ3n) is 10.2. The number of carbonyl (C=O) groups is 3. The lowest BCUT2D eigenvalue weighted by molar-refractivity contribution is -0.362. The number of aliphatic carboxylic acids is 1. The number of alkyl halides is 5. The molecule has 1 aromatic rings. The summed E-state index contributed by atoms with van der Waals surface area (Å²) < 4.78 is 71.4. The lowest BCUT2D eigenvalue weighted by Gasteiger charge is -2.56. The predicted molar refractivity (Wildman–Crippen MR) is 145 cm³/mol. The van der Waals surface area contributed by atoms with Gasteiger partial charge in [-0.25, -0.2) is 4.79 Å². The van der Waals surface area contributed by atoms with E-state index in [0.717, 1.165) is 16.7 Å². The van der Waals surface area contributed by atoms with Gasteiger partial charge in [0.15, 0.2) is 5.78 Å². The molecule has 2 amide bonds. The zero-order valence-electron chi connectivity index (χ0n) is 23.7. The molecule has 0 heterocycles. The molecular weight excluding hydrogens is 575 g/mol. The fourth-order valence-corrected chi connectivity index (χ4v) is 8.11. The molecule has 0 bridgehead atoms. The molecule has 0 unspecified atom stereocenters. The van der Waals surface area contributed by atoms with Gasteiger partial charge in [0.25, 0.3) is 0 Å². The smallest absolute Gasteiger partial charge is 0.456 e. The molecule has 43 heavy (non-hydrogen) atoms. The number of carboxylic acid groups (broad SMARTS) is 1. The lowest BCUT2D eigenvalue weighted by atomic mass is 9.50. The first-order valence-corrected chi connectivity index (χ1v) is 14.5. The Balaban J connectivity index is 1.48. The average Bonchev–Trinajstić information content (AvgIpc) is 3.22. The van der Waals surface area contributed by atoms with Crippen LogP contribution in [0.4, 0.5) is 26.7 Å². The Kier molecular flexibility index (Phi) is 7.98. The lowest BCUT2D eigenvalue weighted by Crippen LogP contribution is -2.65. The minimum Gasteiger partial charge on any atom is -0.481 e. The largest absolute Gasteiger partial charge is 0.481 e. The normalized spacial score (nSPS) is 30.6. The number of allylic oxidation sites excluding steroid dienone is 4. The molecule has 0 spiro atoms. The number of carbonyl (C=O) groups excluding carboxylic acids is 2. The van der Waals surface area contributed by atoms with E-state index in [-0.39, 0.29) is 44.1 Å². The molecule has 5 atom stereocenters. The molecule has 4 N–H and O–H groups in total. The number of hydrogen-bond acceptors (Lipinski definition) is 4. The van der Waals surface area contributed by atoms with Crippen molar-refractivity contribution in [1.82, 2.24) is 10.6 Å². The number of ketones is 1. The Bertz CT molecular complexity index is 1370. The molecule has 12 heteroatoms. The van der Waals surface area contributed by atoms with Crippen LogP contribution < -0.4 is 10.6 Å². The monoisotopic (exact) mass is 610 g/mol. The number of aliphatic hydroxyl groups is 1. The number of nitrogens with one attached hydrogen (secondary N) is 2. The van der Waals surface area contributed by atoms with Crippen LogP contribution in [-0.4, -0.2) is 52.2 Å². The van der Waals surface area contributed by atoms with Crippen molar-refractivity contribution in [2.75, 3.05) is 6.54 Å². The number of urea groups is 1. The summed E-state index contributed by atoms with van der Waals surface area (Å²) in [5, 5.41) is 25.1. The van der Waals surface area contributed by atoms with Gasteiger partial charge in [0.05, 0.1) is 6.42 Å². The molecule has 0 aromatic heterocycles. The second-order valence-electron chi connectivity index (χ2n) is 12.5. The van der Waals surface area contributed by atoms with Gasteiger partial charge >= 0.3 is 24.1 Å². The summed E-state index contributed by atoms with van der Waals surface area (Å²) in [5.74, 6) is -7.76. The van der Waals surface area contributed by atoms with Gasteiger partial charge in [-0.15, -0.1) is 0 Å². The number of rotatable bonds is 7. The van der Waals surface area contributed by atoms with Crippen LogP contribution in [0.2, 0.25) is 0 Å². The quantitative estimate of drug-likeness (QED) is 0.292. The van der Waals surface area contributed by atoms with Crippen LogP contribution in [0.15, 0.2) is 47.1 Å². The first-order valence-electron chi connectivity index (χ1n) is 14.5. The van der Waals surface area contributed by atoms with E-state index in [1.54, 1.807) is 30.3 Å². The molecule has 1 aromatic carbocycles. The molecule has 5 rings (SSSR count). The van der Waals surface area contributed by atoms with Crippen LogP contribution in [-0.2, 0) is 16.1 Å². The van der Waals surface area contributed by atoms with Gasteiger partial charge in [0.2, 0.25) is 0 Å². The Hall–Kier alpha value is -3.28. The molecule has 0 saturated heterocycles. The SMILES string of the molecule is C[C@]12C[C@H](c3ccc(CNC(=O)NCCC(=O)O)cc3)C3=C4CCC(=O)C=C4CC[C@H]3[C@@H]1CC[C@@]2(O)C(F)(F)C(F)(F)F. The van der Waals surface area contributed by atoms with Crippen molar-refractivity contribution < 1.29 is 46.5 Å². The minimum absolute atomic E-state index is 0.0129. The summed E-state index contributed by atoms with van der Waals surface area (Å²) in [6, 6.07) is 6.44. The number of benzene rings is 1. The topological polar surface area (TPSA) is 116 Å². The highest BCUT2D eigenvalue weighted by Crippen LogP contribution is 2.70. The van der Waals surface area contributed by atoms with E-state index in [4.69, 9.17) is 5.11 Å². The van der Waals surface area contributed by atoms with Gasteiger partial charge in [-0.2, -0.15) is 22.0 Å². The second-order valence-corrected chi connectivity index (χ2v) is 12.5. The van der Waals surface area contributed by atoms with Gasteiger partial charge in [-0.05, 0) is 78.7 Å². The zero-order chi connectivity index (χ0) is 31.4. The van der Waals surface area contributed by atoms with Crippen molar-refractivity contribution in [1.29, 1.82) is 0 Å².